The summed E-state index contributed by atoms with van der Waals surface area (Å²) in [6.45, 7) is 4.52. The van der Waals surface area contributed by atoms with Crippen molar-refractivity contribution in [2.24, 2.45) is 0 Å². The second kappa shape index (κ2) is 8.13. The van der Waals surface area contributed by atoms with E-state index in [1.807, 2.05) is 31.2 Å². The zero-order valence-corrected chi connectivity index (χ0v) is 16.9. The molecule has 1 fully saturated rings. The molecule has 0 saturated carbocycles. The third-order valence-corrected chi connectivity index (χ3v) is 5.77. The fourth-order valence-electron chi connectivity index (χ4n) is 2.95. The minimum absolute atomic E-state index is 0.296. The summed E-state index contributed by atoms with van der Waals surface area (Å²) in [7, 11) is 1.65. The van der Waals surface area contributed by atoms with Gasteiger partial charge in [-0.2, -0.15) is 0 Å². The van der Waals surface area contributed by atoms with Crippen LogP contribution in [0.3, 0.4) is 0 Å². The molecule has 1 aliphatic heterocycles. The van der Waals surface area contributed by atoms with Crippen LogP contribution in [-0.4, -0.2) is 52.7 Å². The highest BCUT2D eigenvalue weighted by Gasteiger charge is 2.42. The Labute approximate surface area is 168 Å². The van der Waals surface area contributed by atoms with E-state index in [9.17, 15) is 14.7 Å². The number of rotatable bonds is 4. The van der Waals surface area contributed by atoms with Crippen LogP contribution in [0.4, 0.5) is 0 Å². The van der Waals surface area contributed by atoms with Crippen LogP contribution in [0.2, 0.25) is 0 Å². The Bertz CT molecular complexity index is 972. The summed E-state index contributed by atoms with van der Waals surface area (Å²) < 4.78 is 5.09. The van der Waals surface area contributed by atoms with E-state index < -0.39 is 11.6 Å². The Kier molecular flexibility index (Phi) is 5.82. The number of thiazole rings is 1. The minimum atomic E-state index is -1.63. The molecular weight excluding hydrogens is 376 g/mol. The molecule has 0 unspecified atom stereocenters. The number of aryl methyl sites for hydroxylation is 1. The molecule has 1 atom stereocenters. The van der Waals surface area contributed by atoms with Gasteiger partial charge in [0.25, 0.3) is 5.91 Å². The summed E-state index contributed by atoms with van der Waals surface area (Å²) in [5.74, 6) is 4.84. The molecule has 7 heteroatoms. The predicted octanol–water partition coefficient (Wildman–Crippen LogP) is 2.49. The standard InChI is InChI=1S/C21H22N2O4S/c1-4-16-17(19(24)27-5-2)22-18(28-16)15-8-6-7-14(13-15)9-10-21(26)11-12-23(3)20(21)25/h6-8,13,26H,4-5,11-12H2,1-3H3/t21-/m0/s1. The topological polar surface area (TPSA) is 79.7 Å². The van der Waals surface area contributed by atoms with Crippen molar-refractivity contribution in [2.75, 3.05) is 20.2 Å². The summed E-state index contributed by atoms with van der Waals surface area (Å²) >= 11 is 1.45. The van der Waals surface area contributed by atoms with E-state index in [-0.39, 0.29) is 5.91 Å². The lowest BCUT2D eigenvalue weighted by molar-refractivity contribution is -0.137. The molecule has 1 amide bonds. The largest absolute Gasteiger partial charge is 0.461 e. The van der Waals surface area contributed by atoms with Crippen molar-refractivity contribution in [1.29, 1.82) is 0 Å². The first-order valence-corrected chi connectivity index (χ1v) is 9.98. The highest BCUT2D eigenvalue weighted by Crippen LogP contribution is 2.29. The maximum atomic E-state index is 12.1. The number of likely N-dealkylation sites (tertiary alicyclic amines) is 1. The van der Waals surface area contributed by atoms with Crippen molar-refractivity contribution in [3.8, 4) is 22.4 Å². The number of nitrogens with zero attached hydrogens (tertiary/aromatic N) is 2. The molecule has 1 N–H and O–H groups in total. The number of aromatic nitrogens is 1. The quantitative estimate of drug-likeness (QED) is 0.632. The van der Waals surface area contributed by atoms with Crippen LogP contribution in [-0.2, 0) is 16.0 Å². The maximum Gasteiger partial charge on any atom is 0.358 e. The Morgan fingerprint density at radius 2 is 2.21 bits per heavy atom. The number of esters is 1. The molecule has 0 bridgehead atoms. The average molecular weight is 398 g/mol. The molecule has 2 heterocycles. The van der Waals surface area contributed by atoms with E-state index in [0.717, 1.165) is 10.4 Å². The fraction of sp³-hybridized carbons (Fsp3) is 0.381. The fourth-order valence-corrected chi connectivity index (χ4v) is 3.93. The van der Waals surface area contributed by atoms with Gasteiger partial charge in [-0.15, -0.1) is 11.3 Å². The number of ether oxygens (including phenoxy) is 1. The van der Waals surface area contributed by atoms with Gasteiger partial charge in [-0.25, -0.2) is 9.78 Å². The lowest BCUT2D eigenvalue weighted by atomic mass is 10.0. The highest BCUT2D eigenvalue weighted by atomic mass is 32.1. The second-order valence-electron chi connectivity index (χ2n) is 6.53. The van der Waals surface area contributed by atoms with Gasteiger partial charge in [-0.05, 0) is 25.5 Å². The van der Waals surface area contributed by atoms with Crippen molar-refractivity contribution in [3.05, 3.63) is 40.4 Å². The Morgan fingerprint density at radius 3 is 2.86 bits per heavy atom. The van der Waals surface area contributed by atoms with Gasteiger partial charge in [-0.1, -0.05) is 30.9 Å². The van der Waals surface area contributed by atoms with Crippen LogP contribution in [0.1, 0.15) is 41.2 Å². The lowest BCUT2D eigenvalue weighted by Crippen LogP contribution is -2.37. The van der Waals surface area contributed by atoms with Gasteiger partial charge in [0.1, 0.15) is 5.01 Å². The third kappa shape index (κ3) is 3.93. The summed E-state index contributed by atoms with van der Waals surface area (Å²) in [4.78, 5) is 31.0. The lowest BCUT2D eigenvalue weighted by Gasteiger charge is -2.13. The molecule has 1 aromatic heterocycles. The highest BCUT2D eigenvalue weighted by molar-refractivity contribution is 7.15. The second-order valence-corrected chi connectivity index (χ2v) is 7.62. The van der Waals surface area contributed by atoms with E-state index in [4.69, 9.17) is 4.74 Å². The van der Waals surface area contributed by atoms with Crippen molar-refractivity contribution in [2.45, 2.75) is 32.3 Å². The van der Waals surface area contributed by atoms with Crippen LogP contribution in [0.5, 0.6) is 0 Å². The smallest absolute Gasteiger partial charge is 0.358 e. The number of hydrogen-bond donors (Lipinski definition) is 1. The summed E-state index contributed by atoms with van der Waals surface area (Å²) in [5, 5.41) is 11.1. The van der Waals surface area contributed by atoms with Crippen molar-refractivity contribution in [1.82, 2.24) is 9.88 Å². The molecular formula is C21H22N2O4S. The first-order valence-electron chi connectivity index (χ1n) is 9.16. The number of carbonyl (C=O) groups is 2. The summed E-state index contributed by atoms with van der Waals surface area (Å²) in [5.41, 5.74) is 0.219. The van der Waals surface area contributed by atoms with Crippen molar-refractivity contribution >= 4 is 23.2 Å². The first kappa shape index (κ1) is 20.1. The normalized spacial score (nSPS) is 18.7. The Balaban J connectivity index is 1.90. The van der Waals surface area contributed by atoms with Crippen LogP contribution in [0, 0.1) is 11.8 Å². The molecule has 0 aliphatic carbocycles. The van der Waals surface area contributed by atoms with Gasteiger partial charge in [0, 0.05) is 36.0 Å². The molecule has 2 aromatic rings. The molecule has 0 radical (unpaired) electrons. The van der Waals surface area contributed by atoms with E-state index in [2.05, 4.69) is 16.8 Å². The first-order chi connectivity index (χ1) is 13.4. The van der Waals surface area contributed by atoms with Gasteiger partial charge in [-0.3, -0.25) is 4.79 Å². The molecule has 28 heavy (non-hydrogen) atoms. The van der Waals surface area contributed by atoms with E-state index in [0.29, 0.717) is 42.3 Å². The zero-order chi connectivity index (χ0) is 20.3. The summed E-state index contributed by atoms with van der Waals surface area (Å²) in [6.07, 6.45) is 0.984. The average Bonchev–Trinajstić information content (AvgIpc) is 3.25. The number of likely N-dealkylation sites (N-methyl/N-ethyl adjacent to an activating group) is 1. The Morgan fingerprint density at radius 1 is 1.43 bits per heavy atom. The number of benzene rings is 1. The molecule has 1 saturated heterocycles. The molecule has 6 nitrogen and oxygen atoms in total. The maximum absolute atomic E-state index is 12.1. The number of carbonyl (C=O) groups excluding carboxylic acids is 2. The van der Waals surface area contributed by atoms with Crippen LogP contribution in [0.25, 0.3) is 10.6 Å². The molecule has 1 aromatic carbocycles. The van der Waals surface area contributed by atoms with Gasteiger partial charge in [0.15, 0.2) is 5.69 Å². The summed E-state index contributed by atoms with van der Waals surface area (Å²) in [6, 6.07) is 7.38. The van der Waals surface area contributed by atoms with Gasteiger partial charge in [0.2, 0.25) is 5.60 Å². The van der Waals surface area contributed by atoms with E-state index >= 15 is 0 Å². The monoisotopic (exact) mass is 398 g/mol. The number of amides is 1. The van der Waals surface area contributed by atoms with Crippen LogP contribution < -0.4 is 0 Å². The van der Waals surface area contributed by atoms with Gasteiger partial charge >= 0.3 is 5.97 Å². The van der Waals surface area contributed by atoms with Gasteiger partial charge in [0.05, 0.1) is 6.61 Å². The minimum Gasteiger partial charge on any atom is -0.461 e. The van der Waals surface area contributed by atoms with E-state index in [1.165, 1.54) is 16.2 Å². The molecule has 1 aliphatic rings. The zero-order valence-electron chi connectivity index (χ0n) is 16.1. The van der Waals surface area contributed by atoms with Crippen molar-refractivity contribution < 1.29 is 19.4 Å². The van der Waals surface area contributed by atoms with Gasteiger partial charge < -0.3 is 14.7 Å². The number of aliphatic hydroxyl groups is 1. The molecule has 0 spiro atoms. The Hall–Kier alpha value is -2.69. The third-order valence-electron chi connectivity index (χ3n) is 4.52. The van der Waals surface area contributed by atoms with Crippen LogP contribution >= 0.6 is 11.3 Å². The SMILES string of the molecule is CCOC(=O)c1nc(-c2cccc(C#C[C@]3(O)CCN(C)C3=O)c2)sc1CC. The number of hydrogen-bond acceptors (Lipinski definition) is 6. The molecule has 3 rings (SSSR count). The molecule has 146 valence electrons. The predicted molar refractivity (Wildman–Crippen MR) is 107 cm³/mol. The van der Waals surface area contributed by atoms with E-state index in [1.54, 1.807) is 14.0 Å². The van der Waals surface area contributed by atoms with Crippen molar-refractivity contribution in [3.63, 3.8) is 0 Å². The van der Waals surface area contributed by atoms with Crippen LogP contribution in [0.15, 0.2) is 24.3 Å².